The van der Waals surface area contributed by atoms with Crippen LogP contribution in [-0.2, 0) is 11.3 Å². The van der Waals surface area contributed by atoms with Crippen LogP contribution in [0.15, 0.2) is 22.8 Å². The molecule has 0 bridgehead atoms. The lowest BCUT2D eigenvalue weighted by molar-refractivity contribution is -0.123. The molecule has 0 fully saturated rings. The van der Waals surface area contributed by atoms with Crippen LogP contribution in [0, 0.1) is 0 Å². The van der Waals surface area contributed by atoms with E-state index < -0.39 is 0 Å². The first-order valence-electron chi connectivity index (χ1n) is 5.47. The van der Waals surface area contributed by atoms with E-state index in [-0.39, 0.29) is 11.9 Å². The Hall–Kier alpha value is -1.33. The Morgan fingerprint density at radius 2 is 2.44 bits per heavy atom. The van der Waals surface area contributed by atoms with Gasteiger partial charge in [-0.3, -0.25) is 4.79 Å². The predicted octanol–water partition coefficient (Wildman–Crippen LogP) is 0.223. The number of carbonyl (C=O) groups is 1. The molecule has 1 amide bonds. The normalized spacial score (nSPS) is 12.4. The zero-order valence-electron chi connectivity index (χ0n) is 9.53. The molecule has 0 aliphatic heterocycles. The Kier molecular flexibility index (Phi) is 5.60. The summed E-state index contributed by atoms with van der Waals surface area (Å²) in [7, 11) is 0. The number of rotatable bonds is 7. The number of nitrogens with two attached hydrogens (primary N) is 1. The van der Waals surface area contributed by atoms with Gasteiger partial charge >= 0.3 is 0 Å². The fourth-order valence-electron chi connectivity index (χ4n) is 1.25. The van der Waals surface area contributed by atoms with Crippen molar-refractivity contribution in [2.75, 3.05) is 13.1 Å². The largest absolute Gasteiger partial charge is 0.467 e. The highest BCUT2D eigenvalue weighted by molar-refractivity contribution is 5.81. The van der Waals surface area contributed by atoms with Crippen LogP contribution in [0.5, 0.6) is 0 Å². The van der Waals surface area contributed by atoms with Crippen molar-refractivity contribution < 1.29 is 9.21 Å². The minimum atomic E-state index is -0.207. The van der Waals surface area contributed by atoms with Gasteiger partial charge in [0.05, 0.1) is 18.8 Å². The summed E-state index contributed by atoms with van der Waals surface area (Å²) in [5.74, 6) is 0.718. The Labute approximate surface area is 95.4 Å². The van der Waals surface area contributed by atoms with Gasteiger partial charge in [0, 0.05) is 0 Å². The van der Waals surface area contributed by atoms with Gasteiger partial charge in [-0.15, -0.1) is 0 Å². The third-order valence-corrected chi connectivity index (χ3v) is 2.24. The van der Waals surface area contributed by atoms with Crippen molar-refractivity contribution in [1.82, 2.24) is 10.6 Å². The number of furan rings is 1. The molecule has 1 atom stereocenters. The monoisotopic (exact) mass is 225 g/mol. The Balaban J connectivity index is 2.18. The van der Waals surface area contributed by atoms with Crippen LogP contribution in [0.4, 0.5) is 0 Å². The van der Waals surface area contributed by atoms with E-state index in [0.29, 0.717) is 13.1 Å². The van der Waals surface area contributed by atoms with Gasteiger partial charge < -0.3 is 20.8 Å². The molecule has 5 nitrogen and oxygen atoms in total. The summed E-state index contributed by atoms with van der Waals surface area (Å²) in [4.78, 5) is 11.6. The van der Waals surface area contributed by atoms with Gasteiger partial charge in [0.25, 0.3) is 0 Å². The van der Waals surface area contributed by atoms with Gasteiger partial charge in [0.2, 0.25) is 5.91 Å². The second kappa shape index (κ2) is 7.03. The molecule has 0 aromatic carbocycles. The molecular formula is C11H19N3O2. The van der Waals surface area contributed by atoms with E-state index in [2.05, 4.69) is 10.6 Å². The number of amides is 1. The molecule has 1 aromatic rings. The number of hydrogen-bond donors (Lipinski definition) is 3. The maximum atomic E-state index is 11.6. The second-order valence-corrected chi connectivity index (χ2v) is 3.62. The van der Waals surface area contributed by atoms with Gasteiger partial charge in [-0.1, -0.05) is 0 Å². The van der Waals surface area contributed by atoms with E-state index in [4.69, 9.17) is 10.2 Å². The van der Waals surface area contributed by atoms with Gasteiger partial charge in [0.15, 0.2) is 0 Å². The smallest absolute Gasteiger partial charge is 0.237 e. The summed E-state index contributed by atoms with van der Waals surface area (Å²) in [6.45, 7) is 3.64. The minimum absolute atomic E-state index is 0.0339. The molecule has 0 aliphatic rings. The van der Waals surface area contributed by atoms with E-state index in [0.717, 1.165) is 18.7 Å². The quantitative estimate of drug-likeness (QED) is 0.580. The van der Waals surface area contributed by atoms with Gasteiger partial charge in [-0.05, 0) is 38.6 Å². The molecule has 0 saturated carbocycles. The van der Waals surface area contributed by atoms with Gasteiger partial charge in [-0.2, -0.15) is 0 Å². The standard InChI is InChI=1S/C11H19N3O2/c1-9(13-6-3-5-12)11(15)14-8-10-4-2-7-16-10/h2,4,7,9,13H,3,5-6,8,12H2,1H3,(H,14,15). The summed E-state index contributed by atoms with van der Waals surface area (Å²) in [6.07, 6.45) is 2.46. The first kappa shape index (κ1) is 12.7. The van der Waals surface area contributed by atoms with Crippen molar-refractivity contribution in [1.29, 1.82) is 0 Å². The fourth-order valence-corrected chi connectivity index (χ4v) is 1.25. The Morgan fingerprint density at radius 3 is 3.06 bits per heavy atom. The van der Waals surface area contributed by atoms with Crippen LogP contribution in [-0.4, -0.2) is 25.0 Å². The van der Waals surface area contributed by atoms with Gasteiger partial charge in [-0.25, -0.2) is 0 Å². The first-order chi connectivity index (χ1) is 7.74. The van der Waals surface area contributed by atoms with Crippen LogP contribution in [0.3, 0.4) is 0 Å². The average molecular weight is 225 g/mol. The van der Waals surface area contributed by atoms with Crippen molar-refractivity contribution in [3.8, 4) is 0 Å². The highest BCUT2D eigenvalue weighted by Crippen LogP contribution is 1.98. The second-order valence-electron chi connectivity index (χ2n) is 3.62. The molecule has 1 aromatic heterocycles. The highest BCUT2D eigenvalue weighted by atomic mass is 16.3. The number of nitrogens with one attached hydrogen (secondary N) is 2. The molecule has 4 N–H and O–H groups in total. The molecule has 0 radical (unpaired) electrons. The van der Waals surface area contributed by atoms with Crippen LogP contribution in [0.2, 0.25) is 0 Å². The molecule has 90 valence electrons. The summed E-state index contributed by atoms with van der Waals surface area (Å²) in [5.41, 5.74) is 5.36. The van der Waals surface area contributed by atoms with Crippen LogP contribution in [0.25, 0.3) is 0 Å². The van der Waals surface area contributed by atoms with Crippen LogP contribution >= 0.6 is 0 Å². The Bertz CT molecular complexity index is 298. The average Bonchev–Trinajstić information content (AvgIpc) is 2.79. The molecule has 16 heavy (non-hydrogen) atoms. The maximum absolute atomic E-state index is 11.6. The molecule has 5 heteroatoms. The van der Waals surface area contributed by atoms with Crippen molar-refractivity contribution in [3.05, 3.63) is 24.2 Å². The van der Waals surface area contributed by atoms with Crippen molar-refractivity contribution >= 4 is 5.91 Å². The zero-order chi connectivity index (χ0) is 11.8. The van der Waals surface area contributed by atoms with Crippen molar-refractivity contribution in [2.45, 2.75) is 25.9 Å². The molecule has 1 heterocycles. The Morgan fingerprint density at radius 1 is 1.62 bits per heavy atom. The zero-order valence-corrected chi connectivity index (χ0v) is 9.53. The molecule has 0 spiro atoms. The minimum Gasteiger partial charge on any atom is -0.467 e. The maximum Gasteiger partial charge on any atom is 0.237 e. The lowest BCUT2D eigenvalue weighted by Gasteiger charge is -2.12. The summed E-state index contributed by atoms with van der Waals surface area (Å²) >= 11 is 0. The van der Waals surface area contributed by atoms with Crippen LogP contribution in [0.1, 0.15) is 19.1 Å². The molecule has 1 rings (SSSR count). The van der Waals surface area contributed by atoms with Crippen molar-refractivity contribution in [3.63, 3.8) is 0 Å². The molecule has 0 aliphatic carbocycles. The first-order valence-corrected chi connectivity index (χ1v) is 5.47. The lowest BCUT2D eigenvalue weighted by atomic mass is 10.3. The summed E-state index contributed by atoms with van der Waals surface area (Å²) < 4.78 is 5.11. The number of carbonyl (C=O) groups excluding carboxylic acids is 1. The number of hydrogen-bond acceptors (Lipinski definition) is 4. The highest BCUT2D eigenvalue weighted by Gasteiger charge is 2.11. The SMILES string of the molecule is CC(NCCCN)C(=O)NCc1ccco1. The summed E-state index contributed by atoms with van der Waals surface area (Å²) in [5, 5.41) is 5.88. The predicted molar refractivity (Wildman–Crippen MR) is 61.7 cm³/mol. The lowest BCUT2D eigenvalue weighted by Crippen LogP contribution is -2.42. The molecule has 1 unspecified atom stereocenters. The fraction of sp³-hybridized carbons (Fsp3) is 0.545. The van der Waals surface area contributed by atoms with E-state index in [1.54, 1.807) is 12.3 Å². The van der Waals surface area contributed by atoms with Crippen molar-refractivity contribution in [2.24, 2.45) is 5.73 Å². The van der Waals surface area contributed by atoms with E-state index in [9.17, 15) is 4.79 Å². The van der Waals surface area contributed by atoms with E-state index >= 15 is 0 Å². The summed E-state index contributed by atoms with van der Waals surface area (Å²) in [6, 6.07) is 3.42. The van der Waals surface area contributed by atoms with Gasteiger partial charge in [0.1, 0.15) is 5.76 Å². The molecular weight excluding hydrogens is 206 g/mol. The van der Waals surface area contributed by atoms with E-state index in [1.807, 2.05) is 13.0 Å². The third kappa shape index (κ3) is 4.46. The van der Waals surface area contributed by atoms with Crippen LogP contribution < -0.4 is 16.4 Å². The van der Waals surface area contributed by atoms with E-state index in [1.165, 1.54) is 0 Å². The molecule has 0 saturated heterocycles. The third-order valence-electron chi connectivity index (χ3n) is 2.24. The topological polar surface area (TPSA) is 80.3 Å².